The Kier molecular flexibility index (Phi) is 5.13. The van der Waals surface area contributed by atoms with Crippen LogP contribution in [0.1, 0.15) is 31.0 Å². The van der Waals surface area contributed by atoms with Crippen LogP contribution in [0.25, 0.3) is 0 Å². The fourth-order valence-corrected chi connectivity index (χ4v) is 4.42. The third-order valence-corrected chi connectivity index (χ3v) is 5.92. The minimum absolute atomic E-state index is 0.0654. The van der Waals surface area contributed by atoms with Crippen molar-refractivity contribution in [1.29, 1.82) is 0 Å². The molecule has 28 heavy (non-hydrogen) atoms. The minimum atomic E-state index is -0.701. The van der Waals surface area contributed by atoms with Gasteiger partial charge in [0.2, 0.25) is 0 Å². The van der Waals surface area contributed by atoms with E-state index < -0.39 is 5.54 Å². The van der Waals surface area contributed by atoms with Gasteiger partial charge in [0.25, 0.3) is 5.91 Å². The van der Waals surface area contributed by atoms with Crippen LogP contribution < -0.4 is 0 Å². The molecule has 2 aromatic rings. The van der Waals surface area contributed by atoms with Crippen LogP contribution in [-0.2, 0) is 17.9 Å². The van der Waals surface area contributed by atoms with Gasteiger partial charge in [-0.2, -0.15) is 0 Å². The highest BCUT2D eigenvalue weighted by molar-refractivity contribution is 6.07. The third kappa shape index (κ3) is 3.29. The van der Waals surface area contributed by atoms with E-state index in [1.54, 1.807) is 11.1 Å². The van der Waals surface area contributed by atoms with Crippen molar-refractivity contribution >= 4 is 11.9 Å². The van der Waals surface area contributed by atoms with Gasteiger partial charge in [0.1, 0.15) is 5.54 Å². The second kappa shape index (κ2) is 7.72. The normalized spacial score (nSPS) is 19.6. The fraction of sp³-hybridized carbons (Fsp3) is 0.409. The van der Waals surface area contributed by atoms with Crippen LogP contribution in [0.2, 0.25) is 0 Å². The van der Waals surface area contributed by atoms with Gasteiger partial charge in [-0.15, -0.1) is 0 Å². The van der Waals surface area contributed by atoms with Crippen LogP contribution in [0.5, 0.6) is 0 Å². The first-order valence-electron chi connectivity index (χ1n) is 9.94. The first kappa shape index (κ1) is 18.6. The fourth-order valence-electron chi connectivity index (χ4n) is 4.42. The summed E-state index contributed by atoms with van der Waals surface area (Å²) in [5, 5.41) is 0. The van der Waals surface area contributed by atoms with E-state index in [2.05, 4.69) is 22.0 Å². The number of aromatic nitrogens is 1. The molecule has 2 fully saturated rings. The number of benzene rings is 1. The van der Waals surface area contributed by atoms with Crippen molar-refractivity contribution in [2.24, 2.45) is 0 Å². The van der Waals surface area contributed by atoms with Gasteiger partial charge in [0, 0.05) is 32.4 Å². The maximum absolute atomic E-state index is 13.3. The monoisotopic (exact) mass is 378 g/mol. The molecule has 6 nitrogen and oxygen atoms in total. The summed E-state index contributed by atoms with van der Waals surface area (Å²) in [6, 6.07) is 15.7. The number of hydrogen-bond donors (Lipinski definition) is 0. The first-order valence-corrected chi connectivity index (χ1v) is 9.94. The number of pyridine rings is 1. The lowest BCUT2D eigenvalue weighted by Crippen LogP contribution is -2.56. The lowest BCUT2D eigenvalue weighted by molar-refractivity contribution is -0.136. The molecule has 0 N–H and O–H groups in total. The number of amides is 3. The van der Waals surface area contributed by atoms with E-state index in [1.807, 2.05) is 43.3 Å². The molecule has 1 aromatic heterocycles. The van der Waals surface area contributed by atoms with Gasteiger partial charge >= 0.3 is 6.03 Å². The molecule has 0 atom stereocenters. The number of imide groups is 1. The van der Waals surface area contributed by atoms with Crippen molar-refractivity contribution in [2.75, 3.05) is 19.6 Å². The molecule has 2 saturated heterocycles. The predicted molar refractivity (Wildman–Crippen MR) is 106 cm³/mol. The number of likely N-dealkylation sites (tertiary alicyclic amines) is 1. The van der Waals surface area contributed by atoms with Gasteiger partial charge in [0.05, 0.1) is 12.2 Å². The van der Waals surface area contributed by atoms with E-state index in [-0.39, 0.29) is 18.5 Å². The molecule has 2 aliphatic rings. The number of piperidine rings is 1. The summed E-state index contributed by atoms with van der Waals surface area (Å²) < 4.78 is 0. The van der Waals surface area contributed by atoms with Crippen LogP contribution in [0.3, 0.4) is 0 Å². The van der Waals surface area contributed by atoms with Crippen LogP contribution in [0, 0.1) is 0 Å². The highest BCUT2D eigenvalue weighted by Gasteiger charge is 2.57. The van der Waals surface area contributed by atoms with Crippen molar-refractivity contribution in [3.8, 4) is 0 Å². The standard InChI is InChI=1S/C22H26N4O2/c1-2-26-21(28)25(17-19-10-6-7-13-23-19)20(27)22(26)11-14-24(15-12-22)16-18-8-4-3-5-9-18/h3-10,13H,2,11-12,14-17H2,1H3. The van der Waals surface area contributed by atoms with Crippen LogP contribution in [0.15, 0.2) is 54.7 Å². The molecule has 1 aromatic carbocycles. The topological polar surface area (TPSA) is 56.8 Å². The number of urea groups is 1. The highest BCUT2D eigenvalue weighted by Crippen LogP contribution is 2.38. The Morgan fingerprint density at radius 1 is 0.964 bits per heavy atom. The zero-order valence-electron chi connectivity index (χ0n) is 16.3. The van der Waals surface area contributed by atoms with Gasteiger partial charge < -0.3 is 4.90 Å². The van der Waals surface area contributed by atoms with Gasteiger partial charge in [-0.05, 0) is 37.5 Å². The molecule has 3 amide bonds. The Balaban J connectivity index is 1.49. The largest absolute Gasteiger partial charge is 0.328 e. The smallest absolute Gasteiger partial charge is 0.310 e. The number of carbonyl (C=O) groups is 2. The Morgan fingerprint density at radius 3 is 2.32 bits per heavy atom. The average molecular weight is 378 g/mol. The maximum atomic E-state index is 13.3. The Bertz CT molecular complexity index is 832. The van der Waals surface area contributed by atoms with Gasteiger partial charge in [-0.25, -0.2) is 4.79 Å². The molecule has 0 saturated carbocycles. The molecule has 0 bridgehead atoms. The zero-order chi connectivity index (χ0) is 19.6. The highest BCUT2D eigenvalue weighted by atomic mass is 16.2. The molecule has 6 heteroatoms. The second-order valence-corrected chi connectivity index (χ2v) is 7.53. The van der Waals surface area contributed by atoms with Crippen LogP contribution in [-0.4, -0.2) is 56.8 Å². The molecule has 3 heterocycles. The summed E-state index contributed by atoms with van der Waals surface area (Å²) in [6.07, 6.45) is 3.05. The summed E-state index contributed by atoms with van der Waals surface area (Å²) in [5.41, 5.74) is 1.31. The first-order chi connectivity index (χ1) is 13.6. The molecule has 0 radical (unpaired) electrons. The SMILES string of the molecule is CCN1C(=O)N(Cc2ccccn2)C(=O)C12CCN(Cc1ccccc1)CC2. The predicted octanol–water partition coefficient (Wildman–Crippen LogP) is 2.90. The van der Waals surface area contributed by atoms with Crippen molar-refractivity contribution < 1.29 is 9.59 Å². The van der Waals surface area contributed by atoms with Crippen LogP contribution >= 0.6 is 0 Å². The number of likely N-dealkylation sites (N-methyl/N-ethyl adjacent to an activating group) is 1. The molecule has 0 aliphatic carbocycles. The maximum Gasteiger partial charge on any atom is 0.328 e. The number of nitrogens with zero attached hydrogens (tertiary/aromatic N) is 4. The summed E-state index contributed by atoms with van der Waals surface area (Å²) in [6.45, 7) is 5.23. The molecule has 0 unspecified atom stereocenters. The van der Waals surface area contributed by atoms with E-state index in [1.165, 1.54) is 10.5 Å². The van der Waals surface area contributed by atoms with E-state index in [0.29, 0.717) is 19.4 Å². The average Bonchev–Trinajstić information content (AvgIpc) is 2.92. The van der Waals surface area contributed by atoms with Crippen molar-refractivity contribution in [1.82, 2.24) is 19.7 Å². The van der Waals surface area contributed by atoms with E-state index in [9.17, 15) is 9.59 Å². The van der Waals surface area contributed by atoms with E-state index in [4.69, 9.17) is 0 Å². The van der Waals surface area contributed by atoms with Crippen molar-refractivity contribution in [2.45, 2.75) is 38.4 Å². The minimum Gasteiger partial charge on any atom is -0.310 e. The summed E-state index contributed by atoms with van der Waals surface area (Å²) in [5.74, 6) is -0.0654. The summed E-state index contributed by atoms with van der Waals surface area (Å²) in [7, 11) is 0. The molecule has 2 aliphatic heterocycles. The quantitative estimate of drug-likeness (QED) is 0.751. The van der Waals surface area contributed by atoms with Gasteiger partial charge in [-0.3, -0.25) is 19.6 Å². The number of carbonyl (C=O) groups excluding carboxylic acids is 2. The molecular formula is C22H26N4O2. The lowest BCUT2D eigenvalue weighted by atomic mass is 9.85. The molecule has 1 spiro atoms. The van der Waals surface area contributed by atoms with Gasteiger partial charge in [-0.1, -0.05) is 36.4 Å². The molecule has 4 rings (SSSR count). The number of hydrogen-bond acceptors (Lipinski definition) is 4. The Morgan fingerprint density at radius 2 is 1.68 bits per heavy atom. The zero-order valence-corrected chi connectivity index (χ0v) is 16.3. The van der Waals surface area contributed by atoms with E-state index >= 15 is 0 Å². The van der Waals surface area contributed by atoms with Gasteiger partial charge in [0.15, 0.2) is 0 Å². The lowest BCUT2D eigenvalue weighted by Gasteiger charge is -2.42. The summed E-state index contributed by atoms with van der Waals surface area (Å²) in [4.78, 5) is 36.1. The van der Waals surface area contributed by atoms with Crippen LogP contribution in [0.4, 0.5) is 4.79 Å². The number of rotatable bonds is 5. The Hall–Kier alpha value is -2.73. The second-order valence-electron chi connectivity index (χ2n) is 7.53. The Labute approximate surface area is 165 Å². The van der Waals surface area contributed by atoms with E-state index in [0.717, 1.165) is 25.3 Å². The summed E-state index contributed by atoms with van der Waals surface area (Å²) >= 11 is 0. The molecular weight excluding hydrogens is 352 g/mol. The van der Waals surface area contributed by atoms with Crippen molar-refractivity contribution in [3.05, 3.63) is 66.0 Å². The third-order valence-electron chi connectivity index (χ3n) is 5.92. The molecule has 146 valence electrons. The van der Waals surface area contributed by atoms with Crippen molar-refractivity contribution in [3.63, 3.8) is 0 Å².